The Hall–Kier alpha value is -1.66. The SMILES string of the molecule is CN1CCCCC1CNCc1cc(F)cc(/C(N)=N/O)c1. The predicted molar refractivity (Wildman–Crippen MR) is 80.9 cm³/mol. The Balaban J connectivity index is 1.92. The van der Waals surface area contributed by atoms with Crippen molar-refractivity contribution in [1.82, 2.24) is 10.2 Å². The van der Waals surface area contributed by atoms with Crippen molar-refractivity contribution in [2.75, 3.05) is 20.1 Å². The van der Waals surface area contributed by atoms with Gasteiger partial charge in [0.25, 0.3) is 0 Å². The highest BCUT2D eigenvalue weighted by atomic mass is 19.1. The van der Waals surface area contributed by atoms with Crippen LogP contribution in [0.4, 0.5) is 4.39 Å². The monoisotopic (exact) mass is 294 g/mol. The van der Waals surface area contributed by atoms with Crippen LogP contribution in [0.25, 0.3) is 0 Å². The van der Waals surface area contributed by atoms with Crippen molar-refractivity contribution < 1.29 is 9.60 Å². The zero-order valence-corrected chi connectivity index (χ0v) is 12.3. The summed E-state index contributed by atoms with van der Waals surface area (Å²) in [5.74, 6) is -0.464. The van der Waals surface area contributed by atoms with Crippen LogP contribution in [0.2, 0.25) is 0 Å². The summed E-state index contributed by atoms with van der Waals surface area (Å²) in [6, 6.07) is 4.99. The number of nitrogens with two attached hydrogens (primary N) is 1. The molecule has 1 aromatic rings. The predicted octanol–water partition coefficient (Wildman–Crippen LogP) is 1.49. The van der Waals surface area contributed by atoms with Gasteiger partial charge >= 0.3 is 0 Å². The maximum Gasteiger partial charge on any atom is 0.170 e. The molecular weight excluding hydrogens is 271 g/mol. The molecule has 1 saturated heterocycles. The van der Waals surface area contributed by atoms with E-state index in [0.29, 0.717) is 18.2 Å². The average molecular weight is 294 g/mol. The Morgan fingerprint density at radius 2 is 2.29 bits per heavy atom. The molecule has 0 amide bonds. The highest BCUT2D eigenvalue weighted by Crippen LogP contribution is 2.14. The lowest BCUT2D eigenvalue weighted by molar-refractivity contribution is 0.181. The summed E-state index contributed by atoms with van der Waals surface area (Å²) in [5, 5.41) is 14.9. The number of oxime groups is 1. The minimum absolute atomic E-state index is 0.0808. The van der Waals surface area contributed by atoms with Crippen LogP contribution < -0.4 is 11.1 Å². The summed E-state index contributed by atoms with van der Waals surface area (Å²) in [7, 11) is 2.14. The molecule has 0 saturated carbocycles. The van der Waals surface area contributed by atoms with Gasteiger partial charge in [-0.3, -0.25) is 0 Å². The number of amidine groups is 1. The van der Waals surface area contributed by atoms with Crippen LogP contribution in [0.1, 0.15) is 30.4 Å². The van der Waals surface area contributed by atoms with E-state index in [4.69, 9.17) is 10.9 Å². The molecule has 6 heteroatoms. The van der Waals surface area contributed by atoms with Gasteiger partial charge < -0.3 is 21.2 Å². The number of nitrogens with one attached hydrogen (secondary N) is 1. The van der Waals surface area contributed by atoms with E-state index in [1.165, 1.54) is 31.4 Å². The Bertz CT molecular complexity index is 506. The molecule has 0 aliphatic carbocycles. The zero-order valence-electron chi connectivity index (χ0n) is 12.3. The van der Waals surface area contributed by atoms with E-state index in [1.54, 1.807) is 6.07 Å². The van der Waals surface area contributed by atoms with Gasteiger partial charge in [-0.15, -0.1) is 0 Å². The number of hydrogen-bond donors (Lipinski definition) is 3. The third-order valence-corrected chi connectivity index (χ3v) is 3.99. The van der Waals surface area contributed by atoms with Gasteiger partial charge in [-0.2, -0.15) is 0 Å². The number of nitrogens with zero attached hydrogens (tertiary/aromatic N) is 2. The van der Waals surface area contributed by atoms with Crippen LogP contribution in [-0.2, 0) is 6.54 Å². The molecule has 116 valence electrons. The van der Waals surface area contributed by atoms with Crippen molar-refractivity contribution in [1.29, 1.82) is 0 Å². The van der Waals surface area contributed by atoms with E-state index in [0.717, 1.165) is 18.7 Å². The van der Waals surface area contributed by atoms with Crippen molar-refractivity contribution in [3.05, 3.63) is 35.1 Å². The largest absolute Gasteiger partial charge is 0.409 e. The second-order valence-corrected chi connectivity index (χ2v) is 5.59. The Morgan fingerprint density at radius 3 is 3.00 bits per heavy atom. The van der Waals surface area contributed by atoms with Crippen LogP contribution >= 0.6 is 0 Å². The van der Waals surface area contributed by atoms with E-state index >= 15 is 0 Å². The molecule has 1 atom stereocenters. The van der Waals surface area contributed by atoms with Crippen molar-refractivity contribution in [3.63, 3.8) is 0 Å². The van der Waals surface area contributed by atoms with Gasteiger partial charge in [-0.05, 0) is 50.2 Å². The molecule has 1 aliphatic rings. The third-order valence-electron chi connectivity index (χ3n) is 3.99. The van der Waals surface area contributed by atoms with Gasteiger partial charge in [0, 0.05) is 24.7 Å². The molecule has 2 rings (SSSR count). The van der Waals surface area contributed by atoms with E-state index in [1.807, 2.05) is 0 Å². The van der Waals surface area contributed by atoms with E-state index in [-0.39, 0.29) is 11.7 Å². The first-order chi connectivity index (χ1) is 10.1. The summed E-state index contributed by atoms with van der Waals surface area (Å²) in [4.78, 5) is 2.36. The fourth-order valence-corrected chi connectivity index (χ4v) is 2.74. The number of hydrogen-bond acceptors (Lipinski definition) is 4. The number of likely N-dealkylation sites (N-methyl/N-ethyl adjacent to an activating group) is 1. The third kappa shape index (κ3) is 4.41. The number of likely N-dealkylation sites (tertiary alicyclic amines) is 1. The highest BCUT2D eigenvalue weighted by molar-refractivity contribution is 5.97. The summed E-state index contributed by atoms with van der Waals surface area (Å²) < 4.78 is 13.5. The quantitative estimate of drug-likeness (QED) is 0.333. The van der Waals surface area contributed by atoms with Crippen LogP contribution in [0.15, 0.2) is 23.4 Å². The summed E-state index contributed by atoms with van der Waals surface area (Å²) in [6.45, 7) is 2.58. The molecule has 1 unspecified atom stereocenters. The molecule has 1 heterocycles. The van der Waals surface area contributed by atoms with Crippen LogP contribution in [0.5, 0.6) is 0 Å². The molecule has 0 bridgehead atoms. The summed E-state index contributed by atoms with van der Waals surface area (Å²) >= 11 is 0. The average Bonchev–Trinajstić information content (AvgIpc) is 2.48. The molecule has 21 heavy (non-hydrogen) atoms. The molecule has 5 nitrogen and oxygen atoms in total. The second kappa shape index (κ2) is 7.38. The van der Waals surface area contributed by atoms with Gasteiger partial charge in [0.1, 0.15) is 5.82 Å². The van der Waals surface area contributed by atoms with Gasteiger partial charge in [0.2, 0.25) is 0 Å². The van der Waals surface area contributed by atoms with Crippen LogP contribution in [-0.4, -0.2) is 42.1 Å². The lowest BCUT2D eigenvalue weighted by atomic mass is 10.0. The highest BCUT2D eigenvalue weighted by Gasteiger charge is 2.18. The first kappa shape index (κ1) is 15.7. The first-order valence-corrected chi connectivity index (χ1v) is 7.28. The minimum atomic E-state index is -0.384. The number of halogens is 1. The van der Waals surface area contributed by atoms with Gasteiger partial charge in [-0.1, -0.05) is 11.6 Å². The molecular formula is C15H23FN4O. The molecule has 0 aromatic heterocycles. The minimum Gasteiger partial charge on any atom is -0.409 e. The van der Waals surface area contributed by atoms with Gasteiger partial charge in [0.15, 0.2) is 5.84 Å². The number of benzene rings is 1. The van der Waals surface area contributed by atoms with Crippen LogP contribution in [0.3, 0.4) is 0 Å². The lowest BCUT2D eigenvalue weighted by Crippen LogP contribution is -2.42. The lowest BCUT2D eigenvalue weighted by Gasteiger charge is -2.32. The van der Waals surface area contributed by atoms with Crippen LogP contribution in [0, 0.1) is 5.82 Å². The molecule has 1 fully saturated rings. The molecule has 1 aromatic carbocycles. The Labute approximate surface area is 124 Å². The maximum atomic E-state index is 13.5. The number of rotatable bonds is 5. The fraction of sp³-hybridized carbons (Fsp3) is 0.533. The second-order valence-electron chi connectivity index (χ2n) is 5.59. The maximum absolute atomic E-state index is 13.5. The van der Waals surface area contributed by atoms with Crippen molar-refractivity contribution in [3.8, 4) is 0 Å². The van der Waals surface area contributed by atoms with E-state index in [9.17, 15) is 4.39 Å². The molecule has 1 aliphatic heterocycles. The van der Waals surface area contributed by atoms with Crippen molar-refractivity contribution in [2.45, 2.75) is 31.8 Å². The summed E-state index contributed by atoms with van der Waals surface area (Å²) in [6.07, 6.45) is 3.73. The molecule has 0 radical (unpaired) electrons. The van der Waals surface area contributed by atoms with Crippen molar-refractivity contribution >= 4 is 5.84 Å². The normalized spacial score (nSPS) is 20.7. The van der Waals surface area contributed by atoms with Gasteiger partial charge in [-0.25, -0.2) is 4.39 Å². The zero-order chi connectivity index (χ0) is 15.2. The standard InChI is InChI=1S/C15H23FN4O/c1-20-5-3-2-4-14(20)10-18-9-11-6-12(15(17)19-21)8-13(16)7-11/h6-8,14,18,21H,2-5,9-10H2,1H3,(H2,17,19). The van der Waals surface area contributed by atoms with E-state index in [2.05, 4.69) is 22.4 Å². The molecule has 4 N–H and O–H groups in total. The van der Waals surface area contributed by atoms with Crippen molar-refractivity contribution in [2.24, 2.45) is 10.9 Å². The Morgan fingerprint density at radius 1 is 1.48 bits per heavy atom. The Kier molecular flexibility index (Phi) is 5.52. The first-order valence-electron chi connectivity index (χ1n) is 7.28. The van der Waals surface area contributed by atoms with Gasteiger partial charge in [0.05, 0.1) is 0 Å². The summed E-state index contributed by atoms with van der Waals surface area (Å²) in [5.41, 5.74) is 6.68. The fourth-order valence-electron chi connectivity index (χ4n) is 2.74. The van der Waals surface area contributed by atoms with E-state index < -0.39 is 0 Å². The smallest absolute Gasteiger partial charge is 0.170 e. The number of piperidine rings is 1. The molecule has 0 spiro atoms. The topological polar surface area (TPSA) is 73.9 Å².